The SMILES string of the molecule is NCc1cc(C(=O)NCC2CN(Cc3ccccc3)CCO2)ccn1. The summed E-state index contributed by atoms with van der Waals surface area (Å²) in [5, 5.41) is 2.95. The predicted octanol–water partition coefficient (Wildman–Crippen LogP) is 1.17. The first kappa shape index (κ1) is 17.5. The lowest BCUT2D eigenvalue weighted by molar-refractivity contribution is -0.0292. The first-order chi connectivity index (χ1) is 12.2. The van der Waals surface area contributed by atoms with Crippen molar-refractivity contribution in [2.75, 3.05) is 26.2 Å². The van der Waals surface area contributed by atoms with E-state index in [0.29, 0.717) is 31.0 Å². The molecule has 3 rings (SSSR count). The summed E-state index contributed by atoms with van der Waals surface area (Å²) in [4.78, 5) is 18.7. The molecule has 6 nitrogen and oxygen atoms in total. The van der Waals surface area contributed by atoms with Crippen LogP contribution < -0.4 is 11.1 Å². The zero-order valence-corrected chi connectivity index (χ0v) is 14.2. The molecule has 2 heterocycles. The van der Waals surface area contributed by atoms with Gasteiger partial charge in [-0.05, 0) is 17.7 Å². The van der Waals surface area contributed by atoms with Gasteiger partial charge in [-0.15, -0.1) is 0 Å². The van der Waals surface area contributed by atoms with E-state index in [1.54, 1.807) is 18.3 Å². The van der Waals surface area contributed by atoms with E-state index in [-0.39, 0.29) is 12.0 Å². The third-order valence-electron chi connectivity index (χ3n) is 4.25. The van der Waals surface area contributed by atoms with Gasteiger partial charge < -0.3 is 15.8 Å². The van der Waals surface area contributed by atoms with Crippen LogP contribution in [0.1, 0.15) is 21.6 Å². The van der Waals surface area contributed by atoms with Gasteiger partial charge in [0.1, 0.15) is 0 Å². The van der Waals surface area contributed by atoms with Crippen LogP contribution in [-0.2, 0) is 17.8 Å². The highest BCUT2D eigenvalue weighted by Gasteiger charge is 2.21. The number of hydrogen-bond donors (Lipinski definition) is 2. The first-order valence-electron chi connectivity index (χ1n) is 8.55. The summed E-state index contributed by atoms with van der Waals surface area (Å²) in [6.07, 6.45) is 1.60. The lowest BCUT2D eigenvalue weighted by Crippen LogP contribution is -2.47. The number of carbonyl (C=O) groups excluding carboxylic acids is 1. The van der Waals surface area contributed by atoms with Crippen LogP contribution in [0.25, 0.3) is 0 Å². The smallest absolute Gasteiger partial charge is 0.251 e. The fraction of sp³-hybridized carbons (Fsp3) is 0.368. The van der Waals surface area contributed by atoms with Crippen molar-refractivity contribution < 1.29 is 9.53 Å². The Labute approximate surface area is 148 Å². The van der Waals surface area contributed by atoms with Gasteiger partial charge in [0.2, 0.25) is 0 Å². The number of carbonyl (C=O) groups is 1. The molecule has 1 aromatic heterocycles. The molecule has 1 fully saturated rings. The topological polar surface area (TPSA) is 80.5 Å². The summed E-state index contributed by atoms with van der Waals surface area (Å²) in [6, 6.07) is 13.8. The highest BCUT2D eigenvalue weighted by Crippen LogP contribution is 2.10. The molecule has 3 N–H and O–H groups in total. The molecular weight excluding hydrogens is 316 g/mol. The number of amides is 1. The summed E-state index contributed by atoms with van der Waals surface area (Å²) in [5.74, 6) is -0.124. The Morgan fingerprint density at radius 1 is 1.32 bits per heavy atom. The van der Waals surface area contributed by atoms with E-state index < -0.39 is 0 Å². The summed E-state index contributed by atoms with van der Waals surface area (Å²) in [5.41, 5.74) is 8.14. The maximum atomic E-state index is 12.3. The molecule has 0 bridgehead atoms. The second-order valence-electron chi connectivity index (χ2n) is 6.16. The molecule has 1 aliphatic heterocycles. The highest BCUT2D eigenvalue weighted by atomic mass is 16.5. The molecule has 1 atom stereocenters. The van der Waals surface area contributed by atoms with Gasteiger partial charge >= 0.3 is 0 Å². The number of nitrogens with two attached hydrogens (primary N) is 1. The summed E-state index contributed by atoms with van der Waals surface area (Å²) >= 11 is 0. The number of ether oxygens (including phenoxy) is 1. The Bertz CT molecular complexity index is 693. The molecule has 0 saturated carbocycles. The van der Waals surface area contributed by atoms with Crippen LogP contribution >= 0.6 is 0 Å². The van der Waals surface area contributed by atoms with E-state index >= 15 is 0 Å². The van der Waals surface area contributed by atoms with E-state index in [9.17, 15) is 4.79 Å². The normalized spacial score (nSPS) is 18.0. The van der Waals surface area contributed by atoms with Crippen molar-refractivity contribution in [1.29, 1.82) is 0 Å². The number of morpholine rings is 1. The monoisotopic (exact) mass is 340 g/mol. The average molecular weight is 340 g/mol. The largest absolute Gasteiger partial charge is 0.374 e. The van der Waals surface area contributed by atoms with Crippen molar-refractivity contribution in [2.24, 2.45) is 5.73 Å². The van der Waals surface area contributed by atoms with Crippen LogP contribution in [0.5, 0.6) is 0 Å². The van der Waals surface area contributed by atoms with Gasteiger partial charge in [0.25, 0.3) is 5.91 Å². The number of pyridine rings is 1. The van der Waals surface area contributed by atoms with Gasteiger partial charge in [0, 0.05) is 44.5 Å². The Balaban J connectivity index is 1.50. The first-order valence-corrected chi connectivity index (χ1v) is 8.55. The van der Waals surface area contributed by atoms with E-state index in [1.165, 1.54) is 5.56 Å². The summed E-state index contributed by atoms with van der Waals surface area (Å²) < 4.78 is 5.79. The Kier molecular flexibility index (Phi) is 6.11. The van der Waals surface area contributed by atoms with Crippen molar-refractivity contribution in [3.8, 4) is 0 Å². The second-order valence-corrected chi connectivity index (χ2v) is 6.16. The molecule has 1 aromatic carbocycles. The Hall–Kier alpha value is -2.28. The maximum Gasteiger partial charge on any atom is 0.251 e. The number of nitrogens with one attached hydrogen (secondary N) is 1. The summed E-state index contributed by atoms with van der Waals surface area (Å²) in [7, 11) is 0. The van der Waals surface area contributed by atoms with Crippen molar-refractivity contribution >= 4 is 5.91 Å². The van der Waals surface area contributed by atoms with Crippen molar-refractivity contribution in [3.63, 3.8) is 0 Å². The Morgan fingerprint density at radius 2 is 2.16 bits per heavy atom. The van der Waals surface area contributed by atoms with Crippen LogP contribution in [0.4, 0.5) is 0 Å². The molecule has 2 aromatic rings. The fourth-order valence-electron chi connectivity index (χ4n) is 2.93. The zero-order chi connectivity index (χ0) is 17.5. The molecule has 0 radical (unpaired) electrons. The van der Waals surface area contributed by atoms with Crippen molar-refractivity contribution in [2.45, 2.75) is 19.2 Å². The predicted molar refractivity (Wildman–Crippen MR) is 95.9 cm³/mol. The van der Waals surface area contributed by atoms with Crippen LogP contribution in [0, 0.1) is 0 Å². The maximum absolute atomic E-state index is 12.3. The molecule has 132 valence electrons. The van der Waals surface area contributed by atoms with Gasteiger partial charge in [-0.2, -0.15) is 0 Å². The quantitative estimate of drug-likeness (QED) is 0.825. The Morgan fingerprint density at radius 3 is 2.96 bits per heavy atom. The molecule has 0 spiro atoms. The third-order valence-corrected chi connectivity index (χ3v) is 4.25. The van der Waals surface area contributed by atoms with E-state index in [2.05, 4.69) is 39.5 Å². The minimum atomic E-state index is -0.124. The molecule has 1 amide bonds. The number of benzene rings is 1. The van der Waals surface area contributed by atoms with Gasteiger partial charge in [-0.25, -0.2) is 0 Å². The number of nitrogens with zero attached hydrogens (tertiary/aromatic N) is 2. The van der Waals surface area contributed by atoms with Crippen LogP contribution in [-0.4, -0.2) is 48.1 Å². The van der Waals surface area contributed by atoms with Gasteiger partial charge in [0.15, 0.2) is 0 Å². The zero-order valence-electron chi connectivity index (χ0n) is 14.2. The van der Waals surface area contributed by atoms with Crippen LogP contribution in [0.2, 0.25) is 0 Å². The average Bonchev–Trinajstić information content (AvgIpc) is 2.67. The minimum Gasteiger partial charge on any atom is -0.374 e. The highest BCUT2D eigenvalue weighted by molar-refractivity contribution is 5.94. The molecule has 1 aliphatic rings. The summed E-state index contributed by atoms with van der Waals surface area (Å²) in [6.45, 7) is 4.10. The van der Waals surface area contributed by atoms with Gasteiger partial charge in [-0.1, -0.05) is 30.3 Å². The second kappa shape index (κ2) is 8.71. The molecule has 1 unspecified atom stereocenters. The van der Waals surface area contributed by atoms with Crippen molar-refractivity contribution in [3.05, 3.63) is 65.5 Å². The fourth-order valence-corrected chi connectivity index (χ4v) is 2.93. The lowest BCUT2D eigenvalue weighted by atomic mass is 10.2. The minimum absolute atomic E-state index is 0.00257. The number of rotatable bonds is 6. The van der Waals surface area contributed by atoms with Crippen molar-refractivity contribution in [1.82, 2.24) is 15.2 Å². The molecule has 1 saturated heterocycles. The third kappa shape index (κ3) is 5.09. The van der Waals surface area contributed by atoms with E-state index in [1.807, 2.05) is 6.07 Å². The molecule has 0 aliphatic carbocycles. The van der Waals surface area contributed by atoms with E-state index in [0.717, 1.165) is 19.6 Å². The molecule has 6 heteroatoms. The standard InChI is InChI=1S/C19H24N4O2/c20-11-17-10-16(6-7-21-17)19(24)22-12-18-14-23(8-9-25-18)13-15-4-2-1-3-5-15/h1-7,10,18H,8-9,11-14,20H2,(H,22,24). The lowest BCUT2D eigenvalue weighted by Gasteiger charge is -2.33. The van der Waals surface area contributed by atoms with Crippen LogP contribution in [0.3, 0.4) is 0 Å². The number of hydrogen-bond acceptors (Lipinski definition) is 5. The molecule has 25 heavy (non-hydrogen) atoms. The van der Waals surface area contributed by atoms with Gasteiger partial charge in [-0.3, -0.25) is 14.7 Å². The van der Waals surface area contributed by atoms with Gasteiger partial charge in [0.05, 0.1) is 18.4 Å². The number of aromatic nitrogens is 1. The van der Waals surface area contributed by atoms with Crippen LogP contribution in [0.15, 0.2) is 48.7 Å². The molecular formula is C19H24N4O2. The van der Waals surface area contributed by atoms with E-state index in [4.69, 9.17) is 10.5 Å².